The van der Waals surface area contributed by atoms with Crippen molar-refractivity contribution < 1.29 is 4.74 Å². The molecule has 0 amide bonds. The van der Waals surface area contributed by atoms with Crippen LogP contribution in [0.2, 0.25) is 0 Å². The first-order chi connectivity index (χ1) is 11.6. The molecule has 5 nitrogen and oxygen atoms in total. The Balaban J connectivity index is 1.86. The largest absolute Gasteiger partial charge is 0.497 e. The molecule has 124 valence electrons. The average molecular weight is 358 g/mol. The summed E-state index contributed by atoms with van der Waals surface area (Å²) in [4.78, 5) is 4.03. The number of hydrogen-bond donors (Lipinski definition) is 4. The van der Waals surface area contributed by atoms with Gasteiger partial charge in [0.25, 0.3) is 0 Å². The zero-order valence-corrected chi connectivity index (χ0v) is 15.0. The maximum absolute atomic E-state index is 7.62. The molecule has 0 saturated carbocycles. The van der Waals surface area contributed by atoms with Crippen molar-refractivity contribution in [2.24, 2.45) is 5.73 Å². The molecule has 3 rings (SSSR count). The van der Waals surface area contributed by atoms with Gasteiger partial charge in [0.1, 0.15) is 17.4 Å². The van der Waals surface area contributed by atoms with Crippen LogP contribution in [0.5, 0.6) is 5.75 Å². The van der Waals surface area contributed by atoms with Gasteiger partial charge in [-0.2, -0.15) is 0 Å². The van der Waals surface area contributed by atoms with E-state index in [9.17, 15) is 0 Å². The van der Waals surface area contributed by atoms with Crippen molar-refractivity contribution in [2.75, 3.05) is 18.7 Å². The number of H-pyrrole nitrogens is 1. The summed E-state index contributed by atoms with van der Waals surface area (Å²) in [5, 5.41) is 11.0. The van der Waals surface area contributed by atoms with Crippen LogP contribution >= 0.6 is 23.1 Å². The first-order valence-corrected chi connectivity index (χ1v) is 9.27. The summed E-state index contributed by atoms with van der Waals surface area (Å²) in [5.41, 5.74) is 8.72. The van der Waals surface area contributed by atoms with E-state index in [-0.39, 0.29) is 5.84 Å². The Bertz CT molecular complexity index is 869. The number of rotatable bonds is 6. The molecule has 2 aromatic heterocycles. The highest BCUT2D eigenvalue weighted by atomic mass is 32.2. The fourth-order valence-electron chi connectivity index (χ4n) is 2.34. The van der Waals surface area contributed by atoms with Crippen LogP contribution in [-0.2, 0) is 0 Å². The van der Waals surface area contributed by atoms with Crippen LogP contribution in [0.25, 0.3) is 11.1 Å². The normalized spacial score (nSPS) is 10.6. The number of aromatic amines is 1. The van der Waals surface area contributed by atoms with Gasteiger partial charge in [-0.05, 0) is 30.5 Å². The molecule has 0 fully saturated rings. The fourth-order valence-corrected chi connectivity index (χ4v) is 4.11. The van der Waals surface area contributed by atoms with Crippen molar-refractivity contribution in [2.45, 2.75) is 4.21 Å². The van der Waals surface area contributed by atoms with Crippen LogP contribution < -0.4 is 15.8 Å². The molecule has 0 bridgehead atoms. The van der Waals surface area contributed by atoms with Crippen LogP contribution in [0.3, 0.4) is 0 Å². The van der Waals surface area contributed by atoms with Crippen LogP contribution in [0.1, 0.15) is 4.88 Å². The van der Waals surface area contributed by atoms with Gasteiger partial charge < -0.3 is 20.8 Å². The lowest BCUT2D eigenvalue weighted by Gasteiger charge is -2.05. The molecule has 2 heterocycles. The van der Waals surface area contributed by atoms with E-state index in [4.69, 9.17) is 15.9 Å². The molecular formula is C17H18N4OS2. The Labute approximate surface area is 148 Å². The Morgan fingerprint density at radius 2 is 2.17 bits per heavy atom. The third-order valence-electron chi connectivity index (χ3n) is 3.49. The molecule has 0 aliphatic heterocycles. The number of ether oxygens (including phenoxy) is 1. The quantitative estimate of drug-likeness (QED) is 0.297. The van der Waals surface area contributed by atoms with Crippen LogP contribution in [0.4, 0.5) is 11.5 Å². The number of nitrogen functional groups attached to an aromatic ring is 1. The number of thioether (sulfide) groups is 1. The van der Waals surface area contributed by atoms with Gasteiger partial charge in [-0.15, -0.1) is 23.1 Å². The molecule has 0 aliphatic rings. The van der Waals surface area contributed by atoms with Crippen molar-refractivity contribution in [3.05, 3.63) is 47.5 Å². The predicted molar refractivity (Wildman–Crippen MR) is 103 cm³/mol. The number of amidine groups is 1. The van der Waals surface area contributed by atoms with Gasteiger partial charge in [0.2, 0.25) is 0 Å². The van der Waals surface area contributed by atoms with E-state index < -0.39 is 0 Å². The standard InChI is InChI=1S/C17H18N4OS2/c1-22-12-5-3-4-11(7-12)21-15-6-10(9-20-15)13-8-14(16(18)19)24-17(13)23-2/h3-9,20-21H,1-2H3,(H3,18,19). The summed E-state index contributed by atoms with van der Waals surface area (Å²) in [6, 6.07) is 11.8. The fraction of sp³-hybridized carbons (Fsp3) is 0.118. The summed E-state index contributed by atoms with van der Waals surface area (Å²) >= 11 is 3.21. The summed E-state index contributed by atoms with van der Waals surface area (Å²) < 4.78 is 6.38. The lowest BCUT2D eigenvalue weighted by atomic mass is 10.2. The second-order valence-corrected chi connectivity index (χ2v) is 7.22. The van der Waals surface area contributed by atoms with Crippen molar-refractivity contribution >= 4 is 40.4 Å². The van der Waals surface area contributed by atoms with E-state index >= 15 is 0 Å². The lowest BCUT2D eigenvalue weighted by Crippen LogP contribution is -2.08. The van der Waals surface area contributed by atoms with Gasteiger partial charge in [0.15, 0.2) is 0 Å². The van der Waals surface area contributed by atoms with Gasteiger partial charge in [-0.1, -0.05) is 6.07 Å². The molecule has 0 unspecified atom stereocenters. The SMILES string of the molecule is COc1cccc(Nc2cc(-c3cc(C(=N)N)sc3SC)c[nH]2)c1. The number of thiophene rings is 1. The smallest absolute Gasteiger partial charge is 0.133 e. The second-order valence-electron chi connectivity index (χ2n) is 5.09. The summed E-state index contributed by atoms with van der Waals surface area (Å²) in [6.45, 7) is 0. The third-order valence-corrected chi connectivity index (χ3v) is 5.80. The monoisotopic (exact) mass is 358 g/mol. The number of nitrogens with two attached hydrogens (primary N) is 1. The molecule has 24 heavy (non-hydrogen) atoms. The van der Waals surface area contributed by atoms with Crippen LogP contribution in [0.15, 0.2) is 46.8 Å². The molecule has 3 aromatic rings. The highest BCUT2D eigenvalue weighted by Gasteiger charge is 2.13. The second kappa shape index (κ2) is 7.02. The predicted octanol–water partition coefficient (Wildman–Crippen LogP) is 4.50. The van der Waals surface area contributed by atoms with E-state index in [2.05, 4.69) is 10.3 Å². The van der Waals surface area contributed by atoms with Crippen molar-refractivity contribution in [1.29, 1.82) is 5.41 Å². The highest BCUT2D eigenvalue weighted by molar-refractivity contribution is 8.00. The summed E-state index contributed by atoms with van der Waals surface area (Å²) in [5.74, 6) is 1.80. The molecule has 0 atom stereocenters. The minimum Gasteiger partial charge on any atom is -0.497 e. The average Bonchev–Trinajstić information content (AvgIpc) is 3.21. The van der Waals surface area contributed by atoms with Gasteiger partial charge in [-0.25, -0.2) is 0 Å². The number of aromatic nitrogens is 1. The molecule has 7 heteroatoms. The molecule has 1 aromatic carbocycles. The van der Waals surface area contributed by atoms with Gasteiger partial charge in [0.05, 0.1) is 16.2 Å². The van der Waals surface area contributed by atoms with Crippen LogP contribution in [-0.4, -0.2) is 24.2 Å². The maximum Gasteiger partial charge on any atom is 0.133 e. The van der Waals surface area contributed by atoms with Crippen molar-refractivity contribution in [1.82, 2.24) is 4.98 Å². The molecular weight excluding hydrogens is 340 g/mol. The van der Waals surface area contributed by atoms with E-state index in [1.807, 2.05) is 48.9 Å². The maximum atomic E-state index is 7.62. The topological polar surface area (TPSA) is 86.9 Å². The zero-order chi connectivity index (χ0) is 17.1. The van der Waals surface area contributed by atoms with Crippen molar-refractivity contribution in [3.63, 3.8) is 0 Å². The number of methoxy groups -OCH3 is 1. The Hall–Kier alpha value is -2.38. The van der Waals surface area contributed by atoms with Crippen molar-refractivity contribution in [3.8, 4) is 16.9 Å². The first-order valence-electron chi connectivity index (χ1n) is 7.23. The number of nitrogens with one attached hydrogen (secondary N) is 3. The minimum absolute atomic E-state index is 0.104. The Kier molecular flexibility index (Phi) is 4.82. The summed E-state index contributed by atoms with van der Waals surface area (Å²) in [7, 11) is 1.65. The van der Waals surface area contributed by atoms with Crippen LogP contribution in [0, 0.1) is 5.41 Å². The number of anilines is 2. The van der Waals surface area contributed by atoms with Gasteiger partial charge in [0, 0.05) is 29.1 Å². The van der Waals surface area contributed by atoms with E-state index in [1.54, 1.807) is 30.2 Å². The molecule has 5 N–H and O–H groups in total. The molecule has 0 saturated heterocycles. The highest BCUT2D eigenvalue weighted by Crippen LogP contribution is 2.38. The lowest BCUT2D eigenvalue weighted by molar-refractivity contribution is 0.415. The van der Waals surface area contributed by atoms with E-state index in [1.165, 1.54) is 0 Å². The summed E-state index contributed by atoms with van der Waals surface area (Å²) in [6.07, 6.45) is 3.98. The number of benzene rings is 1. The molecule has 0 radical (unpaired) electrons. The zero-order valence-electron chi connectivity index (χ0n) is 13.3. The van der Waals surface area contributed by atoms with E-state index in [0.29, 0.717) is 0 Å². The Morgan fingerprint density at radius 1 is 1.33 bits per heavy atom. The van der Waals surface area contributed by atoms with Gasteiger partial charge in [-0.3, -0.25) is 5.41 Å². The minimum atomic E-state index is 0.104. The Morgan fingerprint density at radius 3 is 2.88 bits per heavy atom. The molecule has 0 aliphatic carbocycles. The van der Waals surface area contributed by atoms with E-state index in [0.717, 1.165) is 37.5 Å². The third kappa shape index (κ3) is 3.42. The molecule has 0 spiro atoms. The first kappa shape index (κ1) is 16.5. The number of hydrogen-bond acceptors (Lipinski definition) is 5. The van der Waals surface area contributed by atoms with Gasteiger partial charge >= 0.3 is 0 Å².